The fourth-order valence-corrected chi connectivity index (χ4v) is 1.87. The first-order valence-electron chi connectivity index (χ1n) is 7.75. The quantitative estimate of drug-likeness (QED) is 0.343. The number of carbonyl (C=O) groups excluding carboxylic acids is 2. The molecule has 0 aliphatic carbocycles. The Bertz CT molecular complexity index is 478. The van der Waals surface area contributed by atoms with Crippen LogP contribution in [0.4, 0.5) is 0 Å². The van der Waals surface area contributed by atoms with Crippen molar-refractivity contribution in [2.75, 3.05) is 6.54 Å². The van der Waals surface area contributed by atoms with Gasteiger partial charge in [0.2, 0.25) is 11.8 Å². The molecule has 0 rings (SSSR count). The molecule has 0 aromatic heterocycles. The molecule has 0 fully saturated rings. The molecule has 0 aromatic rings. The van der Waals surface area contributed by atoms with E-state index in [-0.39, 0.29) is 18.3 Å². The maximum absolute atomic E-state index is 12.1. The normalized spacial score (nSPS) is 13.7. The van der Waals surface area contributed by atoms with Gasteiger partial charge in [-0.05, 0) is 18.3 Å². The predicted octanol–water partition coefficient (Wildman–Crippen LogP) is -0.310. The van der Waals surface area contributed by atoms with E-state index in [1.807, 2.05) is 20.8 Å². The van der Waals surface area contributed by atoms with Gasteiger partial charge in [-0.2, -0.15) is 0 Å². The molecule has 9 heteroatoms. The zero-order valence-electron chi connectivity index (χ0n) is 14.3. The summed E-state index contributed by atoms with van der Waals surface area (Å²) >= 11 is 0. The highest BCUT2D eigenvalue weighted by Gasteiger charge is 2.28. The van der Waals surface area contributed by atoms with Crippen LogP contribution >= 0.6 is 0 Å². The SMILES string of the molecule is CCC(C)(C)C[C@H](NC(=O)CC[C@H](N)C(=O)O)C(=O)NCC(=O)O. The van der Waals surface area contributed by atoms with Gasteiger partial charge in [0.25, 0.3) is 0 Å². The number of carboxylic acid groups (broad SMARTS) is 2. The lowest BCUT2D eigenvalue weighted by Gasteiger charge is -2.28. The minimum absolute atomic E-state index is 0.0538. The molecule has 0 aliphatic heterocycles. The topological polar surface area (TPSA) is 159 Å². The lowest BCUT2D eigenvalue weighted by atomic mass is 9.83. The van der Waals surface area contributed by atoms with Crippen LogP contribution in [0.25, 0.3) is 0 Å². The van der Waals surface area contributed by atoms with E-state index in [1.165, 1.54) is 0 Å². The molecular formula is C15H27N3O6. The fraction of sp³-hybridized carbons (Fsp3) is 0.733. The van der Waals surface area contributed by atoms with E-state index in [4.69, 9.17) is 15.9 Å². The Kier molecular flexibility index (Phi) is 8.97. The van der Waals surface area contributed by atoms with Crippen LogP contribution in [0.3, 0.4) is 0 Å². The lowest BCUT2D eigenvalue weighted by Crippen LogP contribution is -2.49. The molecule has 0 saturated heterocycles. The number of carboxylic acids is 2. The molecule has 0 aromatic carbocycles. The maximum Gasteiger partial charge on any atom is 0.322 e. The van der Waals surface area contributed by atoms with Crippen molar-refractivity contribution in [2.45, 2.75) is 58.5 Å². The molecule has 0 saturated carbocycles. The van der Waals surface area contributed by atoms with Crippen molar-refractivity contribution in [1.82, 2.24) is 10.6 Å². The number of hydrogen-bond donors (Lipinski definition) is 5. The van der Waals surface area contributed by atoms with Crippen LogP contribution in [0.1, 0.15) is 46.5 Å². The number of hydrogen-bond acceptors (Lipinski definition) is 5. The summed E-state index contributed by atoms with van der Waals surface area (Å²) in [5, 5.41) is 22.1. The molecule has 0 aliphatic rings. The highest BCUT2D eigenvalue weighted by molar-refractivity contribution is 5.89. The second-order valence-electron chi connectivity index (χ2n) is 6.44. The Labute approximate surface area is 141 Å². The van der Waals surface area contributed by atoms with Crippen LogP contribution in [-0.2, 0) is 19.2 Å². The second-order valence-corrected chi connectivity index (χ2v) is 6.44. The summed E-state index contributed by atoms with van der Waals surface area (Å²) in [5.74, 6) is -3.48. The lowest BCUT2D eigenvalue weighted by molar-refractivity contribution is -0.139. The zero-order valence-corrected chi connectivity index (χ0v) is 14.3. The van der Waals surface area contributed by atoms with Gasteiger partial charge >= 0.3 is 11.9 Å². The van der Waals surface area contributed by atoms with E-state index in [0.29, 0.717) is 6.42 Å². The van der Waals surface area contributed by atoms with Gasteiger partial charge in [0.15, 0.2) is 0 Å². The largest absolute Gasteiger partial charge is 0.480 e. The Balaban J connectivity index is 4.79. The standard InChI is InChI=1S/C15H27N3O6/c1-4-15(2,3)7-10(13(22)17-8-12(20)21)18-11(19)6-5-9(16)14(23)24/h9-10H,4-8,16H2,1-3H3,(H,17,22)(H,18,19)(H,20,21)(H,23,24)/t9-,10-/m0/s1. The highest BCUT2D eigenvalue weighted by atomic mass is 16.4. The van der Waals surface area contributed by atoms with Crippen molar-refractivity contribution >= 4 is 23.8 Å². The summed E-state index contributed by atoms with van der Waals surface area (Å²) in [5.41, 5.74) is 5.10. The number of amides is 2. The molecular weight excluding hydrogens is 318 g/mol. The van der Waals surface area contributed by atoms with Gasteiger partial charge in [-0.15, -0.1) is 0 Å². The van der Waals surface area contributed by atoms with Crippen LogP contribution < -0.4 is 16.4 Å². The Hall–Kier alpha value is -2.16. The van der Waals surface area contributed by atoms with Crippen molar-refractivity contribution in [3.8, 4) is 0 Å². The monoisotopic (exact) mass is 345 g/mol. The minimum Gasteiger partial charge on any atom is -0.480 e. The third kappa shape index (κ3) is 9.09. The van der Waals surface area contributed by atoms with Gasteiger partial charge in [-0.3, -0.25) is 19.2 Å². The average Bonchev–Trinajstić information content (AvgIpc) is 2.49. The van der Waals surface area contributed by atoms with Crippen LogP contribution in [-0.4, -0.2) is 52.6 Å². The molecule has 0 unspecified atom stereocenters. The second kappa shape index (κ2) is 9.86. The average molecular weight is 345 g/mol. The van der Waals surface area contributed by atoms with Crippen LogP contribution in [0.5, 0.6) is 0 Å². The van der Waals surface area contributed by atoms with Crippen molar-refractivity contribution in [2.24, 2.45) is 11.1 Å². The van der Waals surface area contributed by atoms with E-state index in [0.717, 1.165) is 6.42 Å². The van der Waals surface area contributed by atoms with Gasteiger partial charge in [0.05, 0.1) is 0 Å². The first-order valence-corrected chi connectivity index (χ1v) is 7.75. The molecule has 0 spiro atoms. The predicted molar refractivity (Wildman–Crippen MR) is 86.1 cm³/mol. The van der Waals surface area contributed by atoms with E-state index in [9.17, 15) is 19.2 Å². The van der Waals surface area contributed by atoms with Gasteiger partial charge in [0, 0.05) is 6.42 Å². The van der Waals surface area contributed by atoms with Gasteiger partial charge in [-0.25, -0.2) is 0 Å². The summed E-state index contributed by atoms with van der Waals surface area (Å²) in [7, 11) is 0. The maximum atomic E-state index is 12.1. The molecule has 2 atom stereocenters. The van der Waals surface area contributed by atoms with E-state index in [1.54, 1.807) is 0 Å². The Morgan fingerprint density at radius 1 is 1.17 bits per heavy atom. The van der Waals surface area contributed by atoms with Gasteiger partial charge < -0.3 is 26.6 Å². The number of aliphatic carboxylic acids is 2. The molecule has 0 bridgehead atoms. The molecule has 2 amide bonds. The zero-order chi connectivity index (χ0) is 18.9. The molecule has 0 radical (unpaired) electrons. The highest BCUT2D eigenvalue weighted by Crippen LogP contribution is 2.26. The Morgan fingerprint density at radius 3 is 2.21 bits per heavy atom. The van der Waals surface area contributed by atoms with E-state index >= 15 is 0 Å². The summed E-state index contributed by atoms with van der Waals surface area (Å²) in [4.78, 5) is 45.3. The van der Waals surface area contributed by atoms with Gasteiger partial charge in [0.1, 0.15) is 18.6 Å². The number of nitrogens with two attached hydrogens (primary N) is 1. The summed E-state index contributed by atoms with van der Waals surface area (Å²) < 4.78 is 0. The van der Waals surface area contributed by atoms with Crippen LogP contribution in [0.15, 0.2) is 0 Å². The summed E-state index contributed by atoms with van der Waals surface area (Å²) in [6.07, 6.45) is 0.895. The first kappa shape index (κ1) is 21.8. The molecule has 6 N–H and O–H groups in total. The smallest absolute Gasteiger partial charge is 0.322 e. The minimum atomic E-state index is -1.20. The van der Waals surface area contributed by atoms with E-state index in [2.05, 4.69) is 10.6 Å². The van der Waals surface area contributed by atoms with E-state index < -0.39 is 42.4 Å². The third-order valence-corrected chi connectivity index (χ3v) is 3.78. The van der Waals surface area contributed by atoms with Crippen LogP contribution in [0, 0.1) is 5.41 Å². The fourth-order valence-electron chi connectivity index (χ4n) is 1.87. The Morgan fingerprint density at radius 2 is 1.75 bits per heavy atom. The summed E-state index contributed by atoms with van der Waals surface area (Å²) in [6, 6.07) is -2.05. The molecule has 0 heterocycles. The number of carbonyl (C=O) groups is 4. The van der Waals surface area contributed by atoms with Crippen molar-refractivity contribution in [1.29, 1.82) is 0 Å². The van der Waals surface area contributed by atoms with Crippen molar-refractivity contribution < 1.29 is 29.4 Å². The number of nitrogens with one attached hydrogen (secondary N) is 2. The van der Waals surface area contributed by atoms with Crippen molar-refractivity contribution in [3.05, 3.63) is 0 Å². The van der Waals surface area contributed by atoms with Crippen molar-refractivity contribution in [3.63, 3.8) is 0 Å². The van der Waals surface area contributed by atoms with Crippen LogP contribution in [0.2, 0.25) is 0 Å². The third-order valence-electron chi connectivity index (χ3n) is 3.78. The van der Waals surface area contributed by atoms with Gasteiger partial charge in [-0.1, -0.05) is 27.2 Å². The molecule has 138 valence electrons. The molecule has 9 nitrogen and oxygen atoms in total. The first-order chi connectivity index (χ1) is 11.0. The molecule has 24 heavy (non-hydrogen) atoms. The summed E-state index contributed by atoms with van der Waals surface area (Å²) in [6.45, 7) is 5.26. The number of rotatable bonds is 11.